The minimum Gasteiger partial charge on any atom is -0.489 e. The lowest BCUT2D eigenvalue weighted by Crippen LogP contribution is -2.15. The molecule has 3 aromatic rings. The van der Waals surface area contributed by atoms with E-state index < -0.39 is 0 Å². The third-order valence-corrected chi connectivity index (χ3v) is 4.27. The van der Waals surface area contributed by atoms with Gasteiger partial charge in [0, 0.05) is 0 Å². The molecule has 0 saturated carbocycles. The molecule has 0 aliphatic carbocycles. The lowest BCUT2D eigenvalue weighted by atomic mass is 9.98. The molecule has 25 heavy (non-hydrogen) atoms. The Morgan fingerprint density at radius 1 is 0.920 bits per heavy atom. The van der Waals surface area contributed by atoms with Gasteiger partial charge >= 0.3 is 5.97 Å². The molecule has 0 aliphatic rings. The van der Waals surface area contributed by atoms with Crippen LogP contribution in [0.1, 0.15) is 18.1 Å². The number of esters is 1. The number of benzene rings is 3. The summed E-state index contributed by atoms with van der Waals surface area (Å²) in [6.07, 6.45) is 0.675. The van der Waals surface area contributed by atoms with Crippen LogP contribution in [0.5, 0.6) is 5.75 Å². The number of rotatable bonds is 6. The number of carbonyl (C=O) groups excluding carboxylic acids is 1. The zero-order valence-corrected chi connectivity index (χ0v) is 14.6. The zero-order valence-electron chi connectivity index (χ0n) is 14.6. The SMILES string of the molecule is COC(=O)[C@@H](C)Cc1ccc2cc(OCc3ccccc3)ccc2c1. The van der Waals surface area contributed by atoms with Gasteiger partial charge in [0.05, 0.1) is 13.0 Å². The zero-order chi connectivity index (χ0) is 17.6. The van der Waals surface area contributed by atoms with Crippen molar-refractivity contribution in [2.24, 2.45) is 5.92 Å². The van der Waals surface area contributed by atoms with E-state index in [0.717, 1.165) is 27.6 Å². The van der Waals surface area contributed by atoms with Gasteiger partial charge in [0.2, 0.25) is 0 Å². The van der Waals surface area contributed by atoms with Crippen LogP contribution in [0.25, 0.3) is 10.8 Å². The second-order valence-corrected chi connectivity index (χ2v) is 6.25. The van der Waals surface area contributed by atoms with Crippen LogP contribution in [0.15, 0.2) is 66.7 Å². The summed E-state index contributed by atoms with van der Waals surface area (Å²) in [6, 6.07) is 22.5. The molecule has 128 valence electrons. The molecule has 3 heteroatoms. The van der Waals surface area contributed by atoms with E-state index in [1.165, 1.54) is 7.11 Å². The summed E-state index contributed by atoms with van der Waals surface area (Å²) in [5, 5.41) is 2.27. The van der Waals surface area contributed by atoms with E-state index in [1.54, 1.807) is 0 Å². The quantitative estimate of drug-likeness (QED) is 0.609. The van der Waals surface area contributed by atoms with Crippen molar-refractivity contribution in [3.05, 3.63) is 77.9 Å². The third kappa shape index (κ3) is 4.38. The van der Waals surface area contributed by atoms with Gasteiger partial charge in [-0.15, -0.1) is 0 Å². The molecule has 0 radical (unpaired) electrons. The van der Waals surface area contributed by atoms with E-state index in [9.17, 15) is 4.79 Å². The molecule has 0 spiro atoms. The smallest absolute Gasteiger partial charge is 0.308 e. The normalized spacial score (nSPS) is 11.9. The first kappa shape index (κ1) is 17.0. The Bertz CT molecular complexity index is 856. The Morgan fingerprint density at radius 3 is 2.40 bits per heavy atom. The Kier molecular flexibility index (Phi) is 5.34. The van der Waals surface area contributed by atoms with E-state index in [1.807, 2.05) is 37.3 Å². The van der Waals surface area contributed by atoms with Crippen LogP contribution in [0.2, 0.25) is 0 Å². The fourth-order valence-corrected chi connectivity index (χ4v) is 2.87. The molecule has 0 N–H and O–H groups in total. The van der Waals surface area contributed by atoms with E-state index in [2.05, 4.69) is 36.4 Å². The topological polar surface area (TPSA) is 35.5 Å². The molecule has 0 aliphatic heterocycles. The molecule has 0 amide bonds. The van der Waals surface area contributed by atoms with Crippen molar-refractivity contribution in [3.8, 4) is 5.75 Å². The van der Waals surface area contributed by atoms with Gasteiger partial charge in [-0.2, -0.15) is 0 Å². The average molecular weight is 334 g/mol. The van der Waals surface area contributed by atoms with Gasteiger partial charge in [0.25, 0.3) is 0 Å². The number of methoxy groups -OCH3 is 1. The average Bonchev–Trinajstić information content (AvgIpc) is 2.66. The summed E-state index contributed by atoms with van der Waals surface area (Å²) in [5.41, 5.74) is 2.28. The maximum Gasteiger partial charge on any atom is 0.308 e. The fourth-order valence-electron chi connectivity index (χ4n) is 2.87. The minimum absolute atomic E-state index is 0.143. The van der Waals surface area contributed by atoms with Gasteiger partial charge in [-0.05, 0) is 40.5 Å². The van der Waals surface area contributed by atoms with Gasteiger partial charge in [-0.1, -0.05) is 61.5 Å². The Balaban J connectivity index is 1.71. The maximum absolute atomic E-state index is 11.6. The Morgan fingerprint density at radius 2 is 1.64 bits per heavy atom. The Hall–Kier alpha value is -2.81. The molecule has 0 saturated heterocycles. The highest BCUT2D eigenvalue weighted by Crippen LogP contribution is 2.24. The van der Waals surface area contributed by atoms with Crippen molar-refractivity contribution in [2.75, 3.05) is 7.11 Å². The molecule has 0 unspecified atom stereocenters. The lowest BCUT2D eigenvalue weighted by molar-refractivity contribution is -0.144. The van der Waals surface area contributed by atoms with E-state index in [0.29, 0.717) is 13.0 Å². The van der Waals surface area contributed by atoms with Crippen molar-refractivity contribution < 1.29 is 14.3 Å². The monoisotopic (exact) mass is 334 g/mol. The van der Waals surface area contributed by atoms with E-state index in [-0.39, 0.29) is 11.9 Å². The summed E-state index contributed by atoms with van der Waals surface area (Å²) in [7, 11) is 1.43. The van der Waals surface area contributed by atoms with Gasteiger partial charge in [0.1, 0.15) is 12.4 Å². The summed E-state index contributed by atoms with van der Waals surface area (Å²) in [6.45, 7) is 2.44. The second-order valence-electron chi connectivity index (χ2n) is 6.25. The first-order chi connectivity index (χ1) is 12.2. The van der Waals surface area contributed by atoms with Crippen LogP contribution in [0.3, 0.4) is 0 Å². The van der Waals surface area contributed by atoms with Crippen LogP contribution in [0, 0.1) is 5.92 Å². The summed E-state index contributed by atoms with van der Waals surface area (Å²) < 4.78 is 10.7. The molecule has 3 nitrogen and oxygen atoms in total. The van der Waals surface area contributed by atoms with Gasteiger partial charge in [-0.3, -0.25) is 4.79 Å². The highest BCUT2D eigenvalue weighted by atomic mass is 16.5. The number of carbonyl (C=O) groups is 1. The number of ether oxygens (including phenoxy) is 2. The molecule has 0 fully saturated rings. The third-order valence-electron chi connectivity index (χ3n) is 4.27. The molecule has 3 aromatic carbocycles. The molecule has 1 atom stereocenters. The van der Waals surface area contributed by atoms with E-state index in [4.69, 9.17) is 9.47 Å². The summed E-state index contributed by atoms with van der Waals surface area (Å²) in [4.78, 5) is 11.6. The van der Waals surface area contributed by atoms with Crippen LogP contribution >= 0.6 is 0 Å². The number of hydrogen-bond donors (Lipinski definition) is 0. The van der Waals surface area contributed by atoms with Crippen molar-refractivity contribution in [1.82, 2.24) is 0 Å². The predicted molar refractivity (Wildman–Crippen MR) is 99.6 cm³/mol. The van der Waals surface area contributed by atoms with Crippen LogP contribution < -0.4 is 4.74 Å². The first-order valence-corrected chi connectivity index (χ1v) is 8.43. The highest BCUT2D eigenvalue weighted by molar-refractivity contribution is 5.84. The summed E-state index contributed by atoms with van der Waals surface area (Å²) >= 11 is 0. The molecule has 3 rings (SSSR count). The largest absolute Gasteiger partial charge is 0.489 e. The van der Waals surface area contributed by atoms with E-state index >= 15 is 0 Å². The van der Waals surface area contributed by atoms with Gasteiger partial charge in [-0.25, -0.2) is 0 Å². The minimum atomic E-state index is -0.176. The van der Waals surface area contributed by atoms with Crippen molar-refractivity contribution in [2.45, 2.75) is 20.0 Å². The molecular formula is C22H22O3. The van der Waals surface area contributed by atoms with Crippen molar-refractivity contribution in [3.63, 3.8) is 0 Å². The molecule has 0 bridgehead atoms. The molecule has 0 aromatic heterocycles. The number of hydrogen-bond acceptors (Lipinski definition) is 3. The van der Waals surface area contributed by atoms with Crippen LogP contribution in [-0.2, 0) is 22.6 Å². The predicted octanol–water partition coefficient (Wildman–Crippen LogP) is 4.77. The van der Waals surface area contributed by atoms with Crippen molar-refractivity contribution >= 4 is 16.7 Å². The second kappa shape index (κ2) is 7.84. The number of fused-ring (bicyclic) bond motifs is 1. The summed E-state index contributed by atoms with van der Waals surface area (Å²) in [5.74, 6) is 0.535. The van der Waals surface area contributed by atoms with Crippen molar-refractivity contribution in [1.29, 1.82) is 0 Å². The fraction of sp³-hybridized carbons (Fsp3) is 0.227. The maximum atomic E-state index is 11.6. The first-order valence-electron chi connectivity index (χ1n) is 8.43. The van der Waals surface area contributed by atoms with Crippen LogP contribution in [-0.4, -0.2) is 13.1 Å². The van der Waals surface area contributed by atoms with Gasteiger partial charge in [0.15, 0.2) is 0 Å². The lowest BCUT2D eigenvalue weighted by Gasteiger charge is -2.11. The Labute approximate surface area is 148 Å². The van der Waals surface area contributed by atoms with Gasteiger partial charge < -0.3 is 9.47 Å². The molecule has 0 heterocycles. The highest BCUT2D eigenvalue weighted by Gasteiger charge is 2.13. The van der Waals surface area contributed by atoms with Crippen LogP contribution in [0.4, 0.5) is 0 Å². The molecular weight excluding hydrogens is 312 g/mol. The standard InChI is InChI=1S/C22H22O3/c1-16(22(23)24-2)12-18-8-9-20-14-21(11-10-19(20)13-18)25-15-17-6-4-3-5-7-17/h3-11,13-14,16H,12,15H2,1-2H3/t16-/m0/s1.